The van der Waals surface area contributed by atoms with Crippen molar-refractivity contribution in [1.82, 2.24) is 5.32 Å². The second-order valence-electron chi connectivity index (χ2n) is 3.38. The van der Waals surface area contributed by atoms with Gasteiger partial charge in [0.25, 0.3) is 0 Å². The lowest BCUT2D eigenvalue weighted by Crippen LogP contribution is -2.26. The van der Waals surface area contributed by atoms with E-state index in [4.69, 9.17) is 0 Å². The van der Waals surface area contributed by atoms with Crippen LogP contribution in [-0.2, 0) is 6.54 Å². The Bertz CT molecular complexity index is 296. The third-order valence-corrected chi connectivity index (χ3v) is 2.43. The summed E-state index contributed by atoms with van der Waals surface area (Å²) in [6.45, 7) is 3.98. The summed E-state index contributed by atoms with van der Waals surface area (Å²) in [6, 6.07) is 5.73. The highest BCUT2D eigenvalue weighted by molar-refractivity contribution is 5.43. The van der Waals surface area contributed by atoms with Crippen LogP contribution in [0.4, 0.5) is 0 Å². The molecule has 0 fully saturated rings. The summed E-state index contributed by atoms with van der Waals surface area (Å²) < 4.78 is 0. The fraction of sp³-hybridized carbons (Fsp3) is 0.400. The van der Waals surface area contributed by atoms with E-state index in [-0.39, 0.29) is 0 Å². The van der Waals surface area contributed by atoms with Crippen LogP contribution in [0, 0.1) is 0 Å². The second-order valence-corrected chi connectivity index (χ2v) is 3.38. The molecule has 0 radical (unpaired) electrons. The first-order valence-electron chi connectivity index (χ1n) is 4.30. The highest BCUT2D eigenvalue weighted by Gasteiger charge is 2.18. The summed E-state index contributed by atoms with van der Waals surface area (Å²) in [7, 11) is 0. The van der Waals surface area contributed by atoms with Crippen molar-refractivity contribution < 1.29 is 5.11 Å². The molecule has 1 aliphatic rings. The van der Waals surface area contributed by atoms with E-state index in [0.717, 1.165) is 18.7 Å². The van der Waals surface area contributed by atoms with Gasteiger partial charge in [0.05, 0.1) is 0 Å². The van der Waals surface area contributed by atoms with Crippen molar-refractivity contribution in [3.8, 4) is 5.75 Å². The van der Waals surface area contributed by atoms with Crippen molar-refractivity contribution in [1.29, 1.82) is 0 Å². The molecule has 0 bridgehead atoms. The zero-order chi connectivity index (χ0) is 8.55. The van der Waals surface area contributed by atoms with E-state index >= 15 is 0 Å². The molecule has 0 aliphatic carbocycles. The number of hydrogen-bond donors (Lipinski definition) is 2. The molecule has 2 nitrogen and oxygen atoms in total. The SMILES string of the molecule is CC1CNCc2cccc(O)c21. The lowest BCUT2D eigenvalue weighted by molar-refractivity contribution is 0.450. The largest absolute Gasteiger partial charge is 0.508 e. The average Bonchev–Trinajstić information content (AvgIpc) is 2.04. The highest BCUT2D eigenvalue weighted by Crippen LogP contribution is 2.30. The van der Waals surface area contributed by atoms with Crippen molar-refractivity contribution in [3.05, 3.63) is 29.3 Å². The predicted molar refractivity (Wildman–Crippen MR) is 48.2 cm³/mol. The van der Waals surface area contributed by atoms with E-state index in [1.54, 1.807) is 6.07 Å². The molecule has 0 spiro atoms. The van der Waals surface area contributed by atoms with E-state index < -0.39 is 0 Å². The van der Waals surface area contributed by atoms with E-state index in [0.29, 0.717) is 11.7 Å². The molecule has 1 atom stereocenters. The molecule has 1 heterocycles. The third-order valence-electron chi connectivity index (χ3n) is 2.43. The molecular weight excluding hydrogens is 150 g/mol. The van der Waals surface area contributed by atoms with Crippen molar-refractivity contribution in [3.63, 3.8) is 0 Å². The number of phenolic OH excluding ortho intramolecular Hbond substituents is 1. The Morgan fingerprint density at radius 1 is 1.50 bits per heavy atom. The van der Waals surface area contributed by atoms with Crippen LogP contribution in [0.1, 0.15) is 24.0 Å². The molecule has 0 saturated carbocycles. The topological polar surface area (TPSA) is 32.3 Å². The molecule has 12 heavy (non-hydrogen) atoms. The number of nitrogens with one attached hydrogen (secondary N) is 1. The van der Waals surface area contributed by atoms with Crippen LogP contribution >= 0.6 is 0 Å². The molecule has 1 aromatic rings. The lowest BCUT2D eigenvalue weighted by Gasteiger charge is -2.23. The van der Waals surface area contributed by atoms with Crippen LogP contribution in [0.15, 0.2) is 18.2 Å². The first-order valence-corrected chi connectivity index (χ1v) is 4.30. The van der Waals surface area contributed by atoms with Crippen molar-refractivity contribution in [2.24, 2.45) is 0 Å². The Morgan fingerprint density at radius 2 is 2.33 bits per heavy atom. The van der Waals surface area contributed by atoms with Crippen LogP contribution in [0.3, 0.4) is 0 Å². The maximum Gasteiger partial charge on any atom is 0.119 e. The average molecular weight is 163 g/mol. The van der Waals surface area contributed by atoms with E-state index in [1.165, 1.54) is 5.56 Å². The number of fused-ring (bicyclic) bond motifs is 1. The smallest absolute Gasteiger partial charge is 0.119 e. The Balaban J connectivity index is 2.53. The van der Waals surface area contributed by atoms with E-state index in [1.807, 2.05) is 6.07 Å². The molecule has 1 unspecified atom stereocenters. The Labute approximate surface area is 72.2 Å². The van der Waals surface area contributed by atoms with Gasteiger partial charge in [-0.15, -0.1) is 0 Å². The van der Waals surface area contributed by atoms with E-state index in [2.05, 4.69) is 18.3 Å². The van der Waals surface area contributed by atoms with E-state index in [9.17, 15) is 5.11 Å². The van der Waals surface area contributed by atoms with Gasteiger partial charge in [-0.2, -0.15) is 0 Å². The highest BCUT2D eigenvalue weighted by atomic mass is 16.3. The van der Waals surface area contributed by atoms with Crippen LogP contribution in [-0.4, -0.2) is 11.7 Å². The summed E-state index contributed by atoms with van der Waals surface area (Å²) in [4.78, 5) is 0. The van der Waals surface area contributed by atoms with Crippen LogP contribution in [0.25, 0.3) is 0 Å². The second kappa shape index (κ2) is 2.79. The molecule has 0 saturated heterocycles. The van der Waals surface area contributed by atoms with Crippen molar-refractivity contribution in [2.75, 3.05) is 6.54 Å². The Morgan fingerprint density at radius 3 is 3.08 bits per heavy atom. The fourth-order valence-electron chi connectivity index (χ4n) is 1.85. The lowest BCUT2D eigenvalue weighted by atomic mass is 9.91. The normalized spacial score (nSPS) is 21.9. The fourth-order valence-corrected chi connectivity index (χ4v) is 1.85. The number of phenols is 1. The van der Waals surface area contributed by atoms with Gasteiger partial charge in [0.1, 0.15) is 5.75 Å². The van der Waals surface area contributed by atoms with Crippen molar-refractivity contribution >= 4 is 0 Å². The summed E-state index contributed by atoms with van der Waals surface area (Å²) >= 11 is 0. The maximum atomic E-state index is 9.60. The minimum absolute atomic E-state index is 0.426. The van der Waals surface area contributed by atoms with Gasteiger partial charge in [-0.25, -0.2) is 0 Å². The molecule has 1 aromatic carbocycles. The first kappa shape index (κ1) is 7.62. The molecule has 2 rings (SSSR count). The minimum Gasteiger partial charge on any atom is -0.508 e. The Hall–Kier alpha value is -1.02. The molecule has 2 N–H and O–H groups in total. The molecule has 2 heteroatoms. The predicted octanol–water partition coefficient (Wildman–Crippen LogP) is 1.60. The molecule has 0 amide bonds. The number of rotatable bonds is 0. The van der Waals surface area contributed by atoms with Gasteiger partial charge in [-0.1, -0.05) is 19.1 Å². The third kappa shape index (κ3) is 1.08. The first-order chi connectivity index (χ1) is 5.79. The maximum absolute atomic E-state index is 9.60. The van der Waals surface area contributed by atoms with Crippen LogP contribution in [0.2, 0.25) is 0 Å². The quantitative estimate of drug-likeness (QED) is 0.609. The number of benzene rings is 1. The van der Waals surface area contributed by atoms with Gasteiger partial charge in [-0.3, -0.25) is 0 Å². The van der Waals surface area contributed by atoms with Gasteiger partial charge in [0.15, 0.2) is 0 Å². The van der Waals surface area contributed by atoms with Gasteiger partial charge in [0.2, 0.25) is 0 Å². The van der Waals surface area contributed by atoms with Gasteiger partial charge >= 0.3 is 0 Å². The zero-order valence-corrected chi connectivity index (χ0v) is 7.17. The van der Waals surface area contributed by atoms with Crippen LogP contribution in [0.5, 0.6) is 5.75 Å². The minimum atomic E-state index is 0.426. The standard InChI is InChI=1S/C10H13NO/c1-7-5-11-6-8-3-2-4-9(12)10(7)8/h2-4,7,11-12H,5-6H2,1H3. The number of hydrogen-bond acceptors (Lipinski definition) is 2. The Kier molecular flexibility index (Phi) is 1.77. The molecule has 1 aliphatic heterocycles. The van der Waals surface area contributed by atoms with Crippen molar-refractivity contribution in [2.45, 2.75) is 19.4 Å². The molecular formula is C10H13NO. The van der Waals surface area contributed by atoms with Crippen LogP contribution < -0.4 is 5.32 Å². The zero-order valence-electron chi connectivity index (χ0n) is 7.17. The summed E-state index contributed by atoms with van der Waals surface area (Å²) in [5.74, 6) is 0.872. The molecule has 0 aromatic heterocycles. The van der Waals surface area contributed by atoms with Gasteiger partial charge in [-0.05, 0) is 17.5 Å². The monoisotopic (exact) mass is 163 g/mol. The van der Waals surface area contributed by atoms with Gasteiger partial charge < -0.3 is 10.4 Å². The summed E-state index contributed by atoms with van der Waals surface area (Å²) in [5, 5.41) is 12.9. The number of aromatic hydroxyl groups is 1. The van der Waals surface area contributed by atoms with Gasteiger partial charge in [0, 0.05) is 18.7 Å². The summed E-state index contributed by atoms with van der Waals surface area (Å²) in [5.41, 5.74) is 2.35. The molecule has 64 valence electrons. The summed E-state index contributed by atoms with van der Waals surface area (Å²) in [6.07, 6.45) is 0.